The molecule has 0 aromatic carbocycles. The Balaban J connectivity index is 1.86. The van der Waals surface area contributed by atoms with E-state index in [1.807, 2.05) is 12.3 Å². The van der Waals surface area contributed by atoms with Crippen LogP contribution in [0.3, 0.4) is 0 Å². The maximum atomic E-state index is 8.47. The minimum absolute atomic E-state index is 0.501. The molecular formula is C11H11N5S. The third-order valence-corrected chi connectivity index (χ3v) is 3.04. The molecule has 2 heterocycles. The van der Waals surface area contributed by atoms with Crippen molar-refractivity contribution in [2.24, 2.45) is 0 Å². The van der Waals surface area contributed by atoms with Gasteiger partial charge in [-0.1, -0.05) is 6.07 Å². The van der Waals surface area contributed by atoms with Gasteiger partial charge in [-0.05, 0) is 17.9 Å². The molecule has 0 aliphatic heterocycles. The summed E-state index contributed by atoms with van der Waals surface area (Å²) in [6.07, 6.45) is 4.21. The van der Waals surface area contributed by atoms with Crippen LogP contribution in [0.1, 0.15) is 4.88 Å². The third kappa shape index (κ3) is 3.43. The average Bonchev–Trinajstić information content (AvgIpc) is 2.83. The Bertz CT molecular complexity index is 503. The first kappa shape index (κ1) is 11.4. The lowest BCUT2D eigenvalue weighted by atomic mass is 10.3. The van der Waals surface area contributed by atoms with E-state index in [0.29, 0.717) is 11.6 Å². The SMILES string of the molecule is N#CNc1cc(NCCc2cccs2)ncn1. The summed E-state index contributed by atoms with van der Waals surface area (Å²) >= 11 is 1.74. The van der Waals surface area contributed by atoms with E-state index in [-0.39, 0.29) is 0 Å². The quantitative estimate of drug-likeness (QED) is 0.623. The zero-order valence-electron chi connectivity index (χ0n) is 9.05. The molecule has 2 N–H and O–H groups in total. The molecule has 0 unspecified atom stereocenters. The van der Waals surface area contributed by atoms with Crippen molar-refractivity contribution in [1.29, 1.82) is 5.26 Å². The van der Waals surface area contributed by atoms with Gasteiger partial charge >= 0.3 is 0 Å². The summed E-state index contributed by atoms with van der Waals surface area (Å²) in [5, 5.41) is 16.2. The Kier molecular flexibility index (Phi) is 3.89. The number of nitrogens with zero attached hydrogens (tertiary/aromatic N) is 3. The van der Waals surface area contributed by atoms with Gasteiger partial charge in [-0.25, -0.2) is 9.97 Å². The van der Waals surface area contributed by atoms with Gasteiger partial charge in [0.25, 0.3) is 0 Å². The van der Waals surface area contributed by atoms with Gasteiger partial charge in [0.05, 0.1) is 0 Å². The maximum Gasteiger partial charge on any atom is 0.182 e. The van der Waals surface area contributed by atoms with E-state index in [0.717, 1.165) is 13.0 Å². The van der Waals surface area contributed by atoms with Crippen LogP contribution in [-0.4, -0.2) is 16.5 Å². The van der Waals surface area contributed by atoms with Gasteiger partial charge in [-0.3, -0.25) is 5.32 Å². The molecule has 0 fully saturated rings. The Morgan fingerprint density at radius 2 is 2.24 bits per heavy atom. The molecule has 86 valence electrons. The average molecular weight is 245 g/mol. The number of aromatic nitrogens is 2. The molecule has 17 heavy (non-hydrogen) atoms. The molecule has 0 radical (unpaired) electrons. The molecule has 2 aromatic rings. The standard InChI is InChI=1S/C11H11N5S/c12-7-14-11-6-10(15-8-16-11)13-4-3-9-2-1-5-17-9/h1-2,5-6,8H,3-4H2,(H2,13,14,15,16). The van der Waals surface area contributed by atoms with Crippen molar-refractivity contribution in [3.05, 3.63) is 34.8 Å². The fourth-order valence-electron chi connectivity index (χ4n) is 1.35. The van der Waals surface area contributed by atoms with Gasteiger partial charge in [-0.2, -0.15) is 5.26 Å². The first-order valence-corrected chi connectivity index (χ1v) is 6.00. The monoisotopic (exact) mass is 245 g/mol. The van der Waals surface area contributed by atoms with Gasteiger partial charge in [-0.15, -0.1) is 11.3 Å². The summed E-state index contributed by atoms with van der Waals surface area (Å²) in [7, 11) is 0. The lowest BCUT2D eigenvalue weighted by Gasteiger charge is -2.04. The van der Waals surface area contributed by atoms with Crippen molar-refractivity contribution in [2.45, 2.75) is 6.42 Å². The fourth-order valence-corrected chi connectivity index (χ4v) is 2.06. The normalized spacial score (nSPS) is 9.59. The number of nitriles is 1. The van der Waals surface area contributed by atoms with Crippen molar-refractivity contribution in [3.63, 3.8) is 0 Å². The van der Waals surface area contributed by atoms with Crippen LogP contribution in [0.4, 0.5) is 11.6 Å². The van der Waals surface area contributed by atoms with Crippen LogP contribution in [0.5, 0.6) is 0 Å². The molecular weight excluding hydrogens is 234 g/mol. The van der Waals surface area contributed by atoms with E-state index in [2.05, 4.69) is 32.0 Å². The van der Waals surface area contributed by atoms with E-state index in [1.165, 1.54) is 11.2 Å². The number of nitrogens with one attached hydrogen (secondary N) is 2. The second-order valence-corrected chi connectivity index (χ2v) is 4.31. The van der Waals surface area contributed by atoms with Gasteiger partial charge in [0.2, 0.25) is 0 Å². The molecule has 0 bridgehead atoms. The molecule has 2 rings (SSSR count). The minimum Gasteiger partial charge on any atom is -0.370 e. The van der Waals surface area contributed by atoms with E-state index in [9.17, 15) is 0 Å². The van der Waals surface area contributed by atoms with Crippen molar-refractivity contribution in [3.8, 4) is 6.19 Å². The number of anilines is 2. The molecule has 0 aliphatic carbocycles. The molecule has 0 spiro atoms. The maximum absolute atomic E-state index is 8.47. The predicted octanol–water partition coefficient (Wildman–Crippen LogP) is 2.09. The summed E-state index contributed by atoms with van der Waals surface area (Å²) in [5.41, 5.74) is 0. The largest absolute Gasteiger partial charge is 0.370 e. The topological polar surface area (TPSA) is 73.6 Å². The van der Waals surface area contributed by atoms with E-state index in [1.54, 1.807) is 17.4 Å². The number of thiophene rings is 1. The van der Waals surface area contributed by atoms with Crippen molar-refractivity contribution >= 4 is 23.0 Å². The predicted molar refractivity (Wildman–Crippen MR) is 67.8 cm³/mol. The molecule has 0 amide bonds. The molecule has 6 heteroatoms. The van der Waals surface area contributed by atoms with Gasteiger partial charge < -0.3 is 5.32 Å². The highest BCUT2D eigenvalue weighted by atomic mass is 32.1. The number of hydrogen-bond acceptors (Lipinski definition) is 6. The third-order valence-electron chi connectivity index (χ3n) is 2.11. The van der Waals surface area contributed by atoms with Crippen LogP contribution in [0.15, 0.2) is 29.9 Å². The van der Waals surface area contributed by atoms with Crippen molar-refractivity contribution in [1.82, 2.24) is 9.97 Å². The highest BCUT2D eigenvalue weighted by Crippen LogP contribution is 2.11. The van der Waals surface area contributed by atoms with Crippen LogP contribution in [0, 0.1) is 11.5 Å². The Morgan fingerprint density at radius 3 is 3.00 bits per heavy atom. The Hall–Kier alpha value is -2.13. The molecule has 0 aliphatic rings. The van der Waals surface area contributed by atoms with Gasteiger partial charge in [0.15, 0.2) is 6.19 Å². The summed E-state index contributed by atoms with van der Waals surface area (Å²) in [6, 6.07) is 5.85. The molecule has 2 aromatic heterocycles. The molecule has 0 atom stereocenters. The van der Waals surface area contributed by atoms with Crippen LogP contribution in [-0.2, 0) is 6.42 Å². The van der Waals surface area contributed by atoms with Crippen LogP contribution in [0.25, 0.3) is 0 Å². The van der Waals surface area contributed by atoms with Crippen molar-refractivity contribution < 1.29 is 0 Å². The summed E-state index contributed by atoms with van der Waals surface area (Å²) < 4.78 is 0. The van der Waals surface area contributed by atoms with Gasteiger partial charge in [0.1, 0.15) is 18.0 Å². The second kappa shape index (κ2) is 5.82. The van der Waals surface area contributed by atoms with Crippen molar-refractivity contribution in [2.75, 3.05) is 17.2 Å². The van der Waals surface area contributed by atoms with Crippen LogP contribution < -0.4 is 10.6 Å². The highest BCUT2D eigenvalue weighted by molar-refractivity contribution is 7.09. The van der Waals surface area contributed by atoms with E-state index in [4.69, 9.17) is 5.26 Å². The highest BCUT2D eigenvalue weighted by Gasteiger charge is 1.98. The van der Waals surface area contributed by atoms with E-state index < -0.39 is 0 Å². The lowest BCUT2D eigenvalue weighted by molar-refractivity contribution is 1.02. The molecule has 0 saturated carbocycles. The number of rotatable bonds is 5. The molecule has 0 saturated heterocycles. The smallest absolute Gasteiger partial charge is 0.182 e. The zero-order valence-corrected chi connectivity index (χ0v) is 9.87. The summed E-state index contributed by atoms with van der Waals surface area (Å²) in [6.45, 7) is 0.809. The lowest BCUT2D eigenvalue weighted by Crippen LogP contribution is -2.06. The fraction of sp³-hybridized carbons (Fsp3) is 0.182. The van der Waals surface area contributed by atoms with Crippen LogP contribution >= 0.6 is 11.3 Å². The van der Waals surface area contributed by atoms with Gasteiger partial charge in [0, 0.05) is 17.5 Å². The molecule has 5 nitrogen and oxygen atoms in total. The first-order valence-electron chi connectivity index (χ1n) is 5.12. The summed E-state index contributed by atoms with van der Waals surface area (Å²) in [4.78, 5) is 9.31. The Morgan fingerprint density at radius 1 is 1.35 bits per heavy atom. The zero-order chi connectivity index (χ0) is 11.9. The van der Waals surface area contributed by atoms with E-state index >= 15 is 0 Å². The Labute approximate surface area is 103 Å². The first-order chi connectivity index (χ1) is 8.38. The number of hydrogen-bond donors (Lipinski definition) is 2. The minimum atomic E-state index is 0.501. The van der Waals surface area contributed by atoms with Crippen LogP contribution in [0.2, 0.25) is 0 Å². The second-order valence-electron chi connectivity index (χ2n) is 3.28. The summed E-state index contributed by atoms with van der Waals surface area (Å²) in [5.74, 6) is 1.22.